The van der Waals surface area contributed by atoms with Crippen LogP contribution in [0.15, 0.2) is 0 Å². The van der Waals surface area contributed by atoms with Crippen molar-refractivity contribution in [1.29, 1.82) is 0 Å². The molecule has 0 aromatic carbocycles. The van der Waals surface area contributed by atoms with Crippen LogP contribution < -0.4 is 0 Å². The van der Waals surface area contributed by atoms with Gasteiger partial charge in [0, 0.05) is 0 Å². The first-order valence-corrected chi connectivity index (χ1v) is 4.17. The summed E-state index contributed by atoms with van der Waals surface area (Å²) < 4.78 is 4.55. The van der Waals surface area contributed by atoms with Gasteiger partial charge in [-0.15, -0.1) is 0 Å². The Kier molecular flexibility index (Phi) is 4.62. The van der Waals surface area contributed by atoms with Crippen LogP contribution in [-0.4, -0.2) is 42.9 Å². The first kappa shape index (κ1) is 12.1. The van der Waals surface area contributed by atoms with E-state index < -0.39 is 0 Å². The number of hydrogen-bond acceptors (Lipinski definition) is 4. The molecular formula is C9H17NO3. The van der Waals surface area contributed by atoms with Crippen LogP contribution in [0.4, 0.5) is 0 Å². The van der Waals surface area contributed by atoms with Crippen molar-refractivity contribution in [3.63, 3.8) is 0 Å². The second-order valence-corrected chi connectivity index (χ2v) is 4.04. The number of hydrogen-bond donors (Lipinski definition) is 0. The summed E-state index contributed by atoms with van der Waals surface area (Å²) in [5, 5.41) is 0. The zero-order valence-corrected chi connectivity index (χ0v) is 8.66. The van der Waals surface area contributed by atoms with Gasteiger partial charge in [-0.25, -0.2) is 0 Å². The van der Waals surface area contributed by atoms with Crippen LogP contribution >= 0.6 is 0 Å². The molecule has 1 saturated heterocycles. The zero-order chi connectivity index (χ0) is 10.5. The minimum absolute atomic E-state index is 0.318. The largest absolute Gasteiger partial charge is 0.462 e. The Morgan fingerprint density at radius 1 is 1.38 bits per heavy atom. The lowest BCUT2D eigenvalue weighted by Crippen LogP contribution is -2.43. The van der Waals surface area contributed by atoms with Crippen molar-refractivity contribution in [2.45, 2.75) is 26.4 Å². The third-order valence-electron chi connectivity index (χ3n) is 1.29. The number of nitrogens with zero attached hydrogens (tertiary/aromatic N) is 1. The van der Waals surface area contributed by atoms with E-state index in [1.165, 1.54) is 0 Å². The fourth-order valence-electron chi connectivity index (χ4n) is 0.700. The van der Waals surface area contributed by atoms with Crippen LogP contribution in [0.5, 0.6) is 0 Å². The molecule has 4 heteroatoms. The molecule has 1 aliphatic rings. The minimum Gasteiger partial charge on any atom is -0.462 e. The molecule has 1 aliphatic heterocycles. The van der Waals surface area contributed by atoms with Crippen LogP contribution in [0.2, 0.25) is 0 Å². The fourth-order valence-corrected chi connectivity index (χ4v) is 0.700. The molecule has 0 atom stereocenters. The van der Waals surface area contributed by atoms with E-state index in [-0.39, 0.29) is 5.60 Å². The zero-order valence-electron chi connectivity index (χ0n) is 8.66. The number of ether oxygens (including phenoxy) is 1. The van der Waals surface area contributed by atoms with Crippen molar-refractivity contribution in [2.24, 2.45) is 0 Å². The van der Waals surface area contributed by atoms with E-state index in [2.05, 4.69) is 4.74 Å². The van der Waals surface area contributed by atoms with Crippen molar-refractivity contribution in [3.05, 3.63) is 0 Å². The lowest BCUT2D eigenvalue weighted by Gasteiger charge is -2.23. The van der Waals surface area contributed by atoms with Crippen LogP contribution in [0, 0.1) is 0 Å². The summed E-state index contributed by atoms with van der Waals surface area (Å²) in [7, 11) is 1.93. The molecular weight excluding hydrogens is 170 g/mol. The molecule has 0 spiro atoms. The normalized spacial score (nSPS) is 16.8. The number of likely N-dealkylation sites (tertiary alicyclic amines) is 1. The Balaban J connectivity index is 0.000000223. The molecule has 1 heterocycles. The summed E-state index contributed by atoms with van der Waals surface area (Å²) in [5.74, 6) is 0.359. The lowest BCUT2D eigenvalue weighted by molar-refractivity contribution is -0.138. The molecule has 0 amide bonds. The molecule has 0 N–H and O–H groups in total. The van der Waals surface area contributed by atoms with Gasteiger partial charge in [-0.05, 0) is 27.8 Å². The molecule has 0 radical (unpaired) electrons. The highest BCUT2D eigenvalue weighted by Gasteiger charge is 2.17. The van der Waals surface area contributed by atoms with Crippen molar-refractivity contribution in [1.82, 2.24) is 4.90 Å². The van der Waals surface area contributed by atoms with Crippen molar-refractivity contribution >= 4 is 12.3 Å². The maximum Gasteiger partial charge on any atom is 0.293 e. The number of carbonyl (C=O) groups is 2. The van der Waals surface area contributed by atoms with Crippen LogP contribution in [0.3, 0.4) is 0 Å². The second kappa shape index (κ2) is 4.97. The van der Waals surface area contributed by atoms with Gasteiger partial charge < -0.3 is 4.74 Å². The van der Waals surface area contributed by atoms with E-state index in [4.69, 9.17) is 0 Å². The SMILES string of the molecule is CC(C)(C)OC=O.CN1CC(=O)C1. The average molecular weight is 187 g/mol. The molecule has 4 nitrogen and oxygen atoms in total. The smallest absolute Gasteiger partial charge is 0.293 e. The maximum atomic E-state index is 10.1. The number of rotatable bonds is 1. The Morgan fingerprint density at radius 2 is 1.85 bits per heavy atom. The first-order chi connectivity index (χ1) is 5.85. The Bertz CT molecular complexity index is 176. The number of Topliss-reactive ketones (excluding diaryl/α,β-unsaturated/α-hetero) is 1. The van der Waals surface area contributed by atoms with Gasteiger partial charge in [0.15, 0.2) is 5.78 Å². The Hall–Kier alpha value is -0.900. The molecule has 0 aromatic heterocycles. The van der Waals surface area contributed by atoms with E-state index in [1.807, 2.05) is 32.7 Å². The van der Waals surface area contributed by atoms with E-state index >= 15 is 0 Å². The summed E-state index contributed by atoms with van der Waals surface area (Å²) in [6.07, 6.45) is 0. The summed E-state index contributed by atoms with van der Waals surface area (Å²) in [4.78, 5) is 21.6. The standard InChI is InChI=1S/C5H10O2.C4H7NO/c1-5(2,3)7-4-6;1-5-2-4(6)3-5/h4H,1-3H3;2-3H2,1H3. The average Bonchev–Trinajstić information content (AvgIpc) is 1.83. The van der Waals surface area contributed by atoms with Crippen LogP contribution in [-0.2, 0) is 14.3 Å². The van der Waals surface area contributed by atoms with E-state index in [1.54, 1.807) is 0 Å². The molecule has 76 valence electrons. The van der Waals surface area contributed by atoms with Gasteiger partial charge >= 0.3 is 0 Å². The topological polar surface area (TPSA) is 46.6 Å². The van der Waals surface area contributed by atoms with Gasteiger partial charge in [-0.1, -0.05) is 0 Å². The van der Waals surface area contributed by atoms with Crippen LogP contribution in [0.25, 0.3) is 0 Å². The fraction of sp³-hybridized carbons (Fsp3) is 0.778. The van der Waals surface area contributed by atoms with Gasteiger partial charge in [0.2, 0.25) is 0 Å². The number of carbonyl (C=O) groups excluding carboxylic acids is 2. The monoisotopic (exact) mass is 187 g/mol. The van der Waals surface area contributed by atoms with E-state index in [9.17, 15) is 9.59 Å². The third kappa shape index (κ3) is 7.46. The van der Waals surface area contributed by atoms with Crippen molar-refractivity contribution < 1.29 is 14.3 Å². The van der Waals surface area contributed by atoms with Gasteiger partial charge in [0.1, 0.15) is 5.60 Å². The molecule has 1 rings (SSSR count). The van der Waals surface area contributed by atoms with E-state index in [0.717, 1.165) is 0 Å². The number of ketones is 1. The Morgan fingerprint density at radius 3 is 1.85 bits per heavy atom. The quantitative estimate of drug-likeness (QED) is 0.559. The van der Waals surface area contributed by atoms with Crippen molar-refractivity contribution in [2.75, 3.05) is 20.1 Å². The second-order valence-electron chi connectivity index (χ2n) is 4.04. The molecule has 0 unspecified atom stereocenters. The summed E-state index contributed by atoms with van der Waals surface area (Å²) in [6, 6.07) is 0. The summed E-state index contributed by atoms with van der Waals surface area (Å²) in [6.45, 7) is 7.25. The molecule has 0 aliphatic carbocycles. The summed E-state index contributed by atoms with van der Waals surface area (Å²) in [5.41, 5.74) is -0.318. The Labute approximate surface area is 78.9 Å². The highest BCUT2D eigenvalue weighted by Crippen LogP contribution is 2.02. The highest BCUT2D eigenvalue weighted by molar-refractivity contribution is 5.87. The lowest BCUT2D eigenvalue weighted by atomic mass is 10.2. The predicted octanol–water partition coefficient (Wildman–Crippen LogP) is 0.459. The number of likely N-dealkylation sites (N-methyl/N-ethyl adjacent to an activating group) is 1. The predicted molar refractivity (Wildman–Crippen MR) is 49.4 cm³/mol. The molecule has 0 aromatic rings. The maximum absolute atomic E-state index is 10.1. The molecule has 0 bridgehead atoms. The van der Waals surface area contributed by atoms with E-state index in [0.29, 0.717) is 25.3 Å². The molecule has 1 fully saturated rings. The molecule has 0 saturated carbocycles. The van der Waals surface area contributed by atoms with Gasteiger partial charge in [0.05, 0.1) is 13.1 Å². The van der Waals surface area contributed by atoms with Gasteiger partial charge in [-0.3, -0.25) is 14.5 Å². The third-order valence-corrected chi connectivity index (χ3v) is 1.29. The molecule has 13 heavy (non-hydrogen) atoms. The minimum atomic E-state index is -0.318. The highest BCUT2D eigenvalue weighted by atomic mass is 16.5. The van der Waals surface area contributed by atoms with Crippen molar-refractivity contribution in [3.8, 4) is 0 Å². The van der Waals surface area contributed by atoms with Gasteiger partial charge in [-0.2, -0.15) is 0 Å². The summed E-state index contributed by atoms with van der Waals surface area (Å²) >= 11 is 0. The first-order valence-electron chi connectivity index (χ1n) is 4.17. The van der Waals surface area contributed by atoms with Crippen LogP contribution in [0.1, 0.15) is 20.8 Å². The van der Waals surface area contributed by atoms with Gasteiger partial charge in [0.25, 0.3) is 6.47 Å².